The van der Waals surface area contributed by atoms with E-state index in [1.165, 1.54) is 60.4 Å². The summed E-state index contributed by atoms with van der Waals surface area (Å²) >= 11 is 0. The third-order valence-corrected chi connectivity index (χ3v) is 14.3. The molecule has 0 amide bonds. The second-order valence-corrected chi connectivity index (χ2v) is 18.3. The fourth-order valence-electron chi connectivity index (χ4n) is 11.3. The lowest BCUT2D eigenvalue weighted by atomic mass is 9.75. The third kappa shape index (κ3) is 6.36. The Bertz CT molecular complexity index is 4080. The fourth-order valence-corrected chi connectivity index (χ4v) is 11.3. The highest BCUT2D eigenvalue weighted by Gasteiger charge is 2.31. The zero-order valence-electron chi connectivity index (χ0n) is 38.1. The molecule has 1 aliphatic carbocycles. The highest BCUT2D eigenvalue weighted by atomic mass is 15.1. The quantitative estimate of drug-likeness (QED) is 0.160. The van der Waals surface area contributed by atoms with Gasteiger partial charge >= 0.3 is 0 Å². The maximum atomic E-state index is 5.12. The summed E-state index contributed by atoms with van der Waals surface area (Å²) in [5.41, 5.74) is 18.7. The van der Waals surface area contributed by atoms with Crippen LogP contribution in [0.1, 0.15) is 22.6 Å². The number of aromatic nitrogens is 5. The van der Waals surface area contributed by atoms with Crippen molar-refractivity contribution in [3.8, 4) is 67.8 Å². The molecule has 1 atom stereocenters. The minimum absolute atomic E-state index is 0.160. The maximum absolute atomic E-state index is 5.12. The molecule has 13 aromatic rings. The molecule has 0 saturated carbocycles. The van der Waals surface area contributed by atoms with Crippen molar-refractivity contribution in [2.75, 3.05) is 0 Å². The molecule has 0 bridgehead atoms. The fraction of sp³-hybridized carbons (Fsp3) is 0.0308. The Balaban J connectivity index is 1.04. The smallest absolute Gasteiger partial charge is 0.164 e. The summed E-state index contributed by atoms with van der Waals surface area (Å²) in [5, 5.41) is 4.87. The Kier molecular flexibility index (Phi) is 9.27. The summed E-state index contributed by atoms with van der Waals surface area (Å²) in [6, 6.07) is 87.3. The van der Waals surface area contributed by atoms with Crippen LogP contribution < -0.4 is 0 Å². The van der Waals surface area contributed by atoms with E-state index in [0.29, 0.717) is 17.5 Å². The SMILES string of the molecule is c1ccc(-c2nc(-c3ccccc3)nc(-c3cccc(-c4cccc5c6cccc(-n7c8ccccc8c8ccc9c(c87)C(c7ccccc7)Cc7ccccc7-9)c6n(-c6ccccc6)c45)c3)n2)cc1. The Morgan fingerprint density at radius 2 is 0.871 bits per heavy atom. The van der Waals surface area contributed by atoms with Crippen LogP contribution in [-0.2, 0) is 6.42 Å². The number of benzene rings is 10. The van der Waals surface area contributed by atoms with Gasteiger partial charge in [-0.2, -0.15) is 0 Å². The van der Waals surface area contributed by atoms with Crippen molar-refractivity contribution in [2.24, 2.45) is 0 Å². The second kappa shape index (κ2) is 16.3. The van der Waals surface area contributed by atoms with Gasteiger partial charge in [-0.25, -0.2) is 15.0 Å². The monoisotopic (exact) mass is 893 g/mol. The number of hydrogen-bond acceptors (Lipinski definition) is 3. The molecule has 0 N–H and O–H groups in total. The van der Waals surface area contributed by atoms with E-state index in [9.17, 15) is 0 Å². The van der Waals surface area contributed by atoms with Crippen LogP contribution in [0.5, 0.6) is 0 Å². The van der Waals surface area contributed by atoms with E-state index in [0.717, 1.165) is 56.6 Å². The number of rotatable bonds is 7. The Morgan fingerprint density at radius 1 is 0.343 bits per heavy atom. The van der Waals surface area contributed by atoms with Gasteiger partial charge in [0.05, 0.1) is 27.8 Å². The Morgan fingerprint density at radius 3 is 1.61 bits per heavy atom. The lowest BCUT2D eigenvalue weighted by Gasteiger charge is -2.30. The summed E-state index contributed by atoms with van der Waals surface area (Å²) in [4.78, 5) is 15.2. The predicted octanol–water partition coefficient (Wildman–Crippen LogP) is 16.1. The number of nitrogens with zero attached hydrogens (tertiary/aromatic N) is 5. The molecule has 1 unspecified atom stereocenters. The second-order valence-electron chi connectivity index (χ2n) is 18.3. The van der Waals surface area contributed by atoms with Crippen molar-refractivity contribution in [1.82, 2.24) is 24.1 Å². The van der Waals surface area contributed by atoms with Crippen molar-refractivity contribution in [3.63, 3.8) is 0 Å². The van der Waals surface area contributed by atoms with Crippen molar-refractivity contribution in [3.05, 3.63) is 259 Å². The van der Waals surface area contributed by atoms with E-state index in [-0.39, 0.29) is 5.92 Å². The van der Waals surface area contributed by atoms with E-state index >= 15 is 0 Å². The minimum Gasteiger partial charge on any atom is -0.307 e. The van der Waals surface area contributed by atoms with E-state index in [4.69, 9.17) is 15.0 Å². The molecule has 1 aliphatic rings. The van der Waals surface area contributed by atoms with E-state index < -0.39 is 0 Å². The van der Waals surface area contributed by atoms with Crippen LogP contribution in [0.15, 0.2) is 243 Å². The predicted molar refractivity (Wildman–Crippen MR) is 288 cm³/mol. The molecular formula is C65H43N5. The first kappa shape index (κ1) is 39.9. The maximum Gasteiger partial charge on any atom is 0.164 e. The molecule has 5 heteroatoms. The third-order valence-electron chi connectivity index (χ3n) is 14.3. The lowest BCUT2D eigenvalue weighted by Crippen LogP contribution is -2.14. The zero-order valence-corrected chi connectivity index (χ0v) is 38.1. The van der Waals surface area contributed by atoms with Crippen molar-refractivity contribution in [1.29, 1.82) is 0 Å². The molecule has 3 heterocycles. The van der Waals surface area contributed by atoms with Crippen LogP contribution >= 0.6 is 0 Å². The largest absolute Gasteiger partial charge is 0.307 e. The van der Waals surface area contributed by atoms with Gasteiger partial charge in [-0.3, -0.25) is 0 Å². The lowest BCUT2D eigenvalue weighted by molar-refractivity contribution is 0.797. The highest BCUT2D eigenvalue weighted by Crippen LogP contribution is 2.50. The highest BCUT2D eigenvalue weighted by molar-refractivity contribution is 6.18. The Labute approximate surface area is 405 Å². The van der Waals surface area contributed by atoms with Gasteiger partial charge in [-0.1, -0.05) is 212 Å². The van der Waals surface area contributed by atoms with Crippen LogP contribution in [0.25, 0.3) is 111 Å². The van der Waals surface area contributed by atoms with Gasteiger partial charge < -0.3 is 9.13 Å². The van der Waals surface area contributed by atoms with Crippen molar-refractivity contribution >= 4 is 43.6 Å². The first-order chi connectivity index (χ1) is 34.7. The molecule has 0 spiro atoms. The van der Waals surface area contributed by atoms with E-state index in [2.05, 4.69) is 215 Å². The molecule has 10 aromatic carbocycles. The summed E-state index contributed by atoms with van der Waals surface area (Å²) in [6.45, 7) is 0. The van der Waals surface area contributed by atoms with Gasteiger partial charge in [0.2, 0.25) is 0 Å². The molecule has 70 heavy (non-hydrogen) atoms. The van der Waals surface area contributed by atoms with Crippen LogP contribution in [0.3, 0.4) is 0 Å². The number of para-hydroxylation sites is 4. The van der Waals surface area contributed by atoms with Crippen molar-refractivity contribution < 1.29 is 0 Å². The van der Waals surface area contributed by atoms with Crippen LogP contribution in [-0.4, -0.2) is 24.1 Å². The number of hydrogen-bond donors (Lipinski definition) is 0. The molecule has 0 saturated heterocycles. The van der Waals surface area contributed by atoms with E-state index in [1.54, 1.807) is 0 Å². The molecule has 14 rings (SSSR count). The van der Waals surface area contributed by atoms with E-state index in [1.807, 2.05) is 36.4 Å². The summed E-state index contributed by atoms with van der Waals surface area (Å²) in [6.07, 6.45) is 0.927. The summed E-state index contributed by atoms with van der Waals surface area (Å²) in [7, 11) is 0. The average molecular weight is 894 g/mol. The van der Waals surface area contributed by atoms with Crippen molar-refractivity contribution in [2.45, 2.75) is 12.3 Å². The summed E-state index contributed by atoms with van der Waals surface area (Å²) in [5.74, 6) is 2.06. The van der Waals surface area contributed by atoms with Gasteiger partial charge in [0.25, 0.3) is 0 Å². The average Bonchev–Trinajstić information content (AvgIpc) is 3.97. The number of fused-ring (bicyclic) bond motifs is 10. The standard InChI is InChI=1S/C65H43N5/c1-5-20-42(21-6-1)56-41-46-26-13-14-31-49(46)52-38-39-55-51-32-15-16-36-57(51)70(62(55)59(52)56)58-37-19-35-54-53-34-18-33-50(60(53)69(61(54)58)48-29-11-4-12-30-48)45-27-17-28-47(40-45)65-67-63(43-22-7-2-8-23-43)66-64(68-65)44-24-9-3-10-25-44/h1-40,56H,41H2. The molecule has 328 valence electrons. The molecular weight excluding hydrogens is 851 g/mol. The topological polar surface area (TPSA) is 48.5 Å². The molecule has 3 aromatic heterocycles. The molecule has 5 nitrogen and oxygen atoms in total. The molecule has 0 fully saturated rings. The molecule has 0 aliphatic heterocycles. The first-order valence-electron chi connectivity index (χ1n) is 24.0. The van der Waals surface area contributed by atoms with Gasteiger partial charge in [-0.15, -0.1) is 0 Å². The first-order valence-corrected chi connectivity index (χ1v) is 24.0. The zero-order chi connectivity index (χ0) is 46.1. The molecule has 0 radical (unpaired) electrons. The van der Waals surface area contributed by atoms with Gasteiger partial charge in [0.15, 0.2) is 17.5 Å². The van der Waals surface area contributed by atoms with Crippen LogP contribution in [0.2, 0.25) is 0 Å². The van der Waals surface area contributed by atoms with Gasteiger partial charge in [0, 0.05) is 55.4 Å². The normalized spacial score (nSPS) is 13.2. The van der Waals surface area contributed by atoms with Crippen LogP contribution in [0.4, 0.5) is 0 Å². The minimum atomic E-state index is 0.160. The van der Waals surface area contributed by atoms with Gasteiger partial charge in [0.1, 0.15) is 0 Å². The summed E-state index contributed by atoms with van der Waals surface area (Å²) < 4.78 is 5.09. The van der Waals surface area contributed by atoms with Crippen LogP contribution in [0, 0.1) is 0 Å². The van der Waals surface area contributed by atoms with Gasteiger partial charge in [-0.05, 0) is 70.1 Å². The Hall–Kier alpha value is -9.19.